The van der Waals surface area contributed by atoms with E-state index in [4.69, 9.17) is 9.47 Å². The van der Waals surface area contributed by atoms with Crippen LogP contribution >= 0.6 is 0 Å². The van der Waals surface area contributed by atoms with Gasteiger partial charge in [-0.3, -0.25) is 4.90 Å². The molecule has 0 saturated carbocycles. The van der Waals surface area contributed by atoms with Crippen molar-refractivity contribution >= 4 is 0 Å². The largest absolute Gasteiger partial charge is 0.394 e. The molecule has 0 spiro atoms. The van der Waals surface area contributed by atoms with Crippen LogP contribution in [0.25, 0.3) is 0 Å². The van der Waals surface area contributed by atoms with Crippen LogP contribution in [0.5, 0.6) is 0 Å². The minimum Gasteiger partial charge on any atom is -0.394 e. The number of nitrogens with zero attached hydrogens (tertiary/aromatic N) is 1. The summed E-state index contributed by atoms with van der Waals surface area (Å²) < 4.78 is 11.1. The first-order chi connectivity index (χ1) is 10.9. The highest BCUT2D eigenvalue weighted by Gasteiger charge is 2.50. The summed E-state index contributed by atoms with van der Waals surface area (Å²) in [6.07, 6.45) is -7.52. The van der Waals surface area contributed by atoms with Gasteiger partial charge in [0.1, 0.15) is 24.4 Å². The van der Waals surface area contributed by atoms with Gasteiger partial charge in [0.15, 0.2) is 6.29 Å². The van der Waals surface area contributed by atoms with Crippen LogP contribution in [0.2, 0.25) is 0 Å². The Morgan fingerprint density at radius 2 is 1.74 bits per heavy atom. The molecular formula is C14H25NO8. The maximum absolute atomic E-state index is 10.1. The monoisotopic (exact) mass is 335 g/mol. The molecule has 6 N–H and O–H groups in total. The molecule has 0 aromatic heterocycles. The van der Waals surface area contributed by atoms with Crippen LogP contribution < -0.4 is 0 Å². The lowest BCUT2D eigenvalue weighted by molar-refractivity contribution is -0.317. The first-order valence-corrected chi connectivity index (χ1v) is 8.00. The van der Waals surface area contributed by atoms with Crippen LogP contribution in [0.4, 0.5) is 0 Å². The van der Waals surface area contributed by atoms with Gasteiger partial charge in [-0.25, -0.2) is 0 Å². The lowest BCUT2D eigenvalue weighted by atomic mass is 9.95. The Hall–Kier alpha value is -0.360. The molecule has 0 radical (unpaired) electrons. The molecule has 0 aromatic carbocycles. The predicted molar refractivity (Wildman–Crippen MR) is 75.2 cm³/mol. The van der Waals surface area contributed by atoms with E-state index >= 15 is 0 Å². The summed E-state index contributed by atoms with van der Waals surface area (Å²) in [5.41, 5.74) is 0. The van der Waals surface area contributed by atoms with Crippen LogP contribution in [0.3, 0.4) is 0 Å². The molecule has 6 unspecified atom stereocenters. The second kappa shape index (κ2) is 6.87. The van der Waals surface area contributed by atoms with Crippen molar-refractivity contribution in [2.24, 2.45) is 0 Å². The zero-order valence-corrected chi connectivity index (χ0v) is 12.7. The molecule has 0 bridgehead atoms. The van der Waals surface area contributed by atoms with Crippen molar-refractivity contribution in [1.29, 1.82) is 0 Å². The Kier molecular flexibility index (Phi) is 5.21. The molecule has 3 heterocycles. The molecule has 0 aromatic rings. The molecule has 9 nitrogen and oxygen atoms in total. The molecule has 9 heteroatoms. The Balaban J connectivity index is 1.70. The van der Waals surface area contributed by atoms with Crippen LogP contribution in [-0.2, 0) is 9.47 Å². The number of aliphatic hydroxyl groups excluding tert-OH is 6. The molecule has 3 aliphatic heterocycles. The second-order valence-electron chi connectivity index (χ2n) is 6.56. The van der Waals surface area contributed by atoms with E-state index in [1.807, 2.05) is 4.90 Å². The molecule has 3 fully saturated rings. The van der Waals surface area contributed by atoms with Gasteiger partial charge in [-0.05, 0) is 19.4 Å². The lowest BCUT2D eigenvalue weighted by Crippen LogP contribution is -2.61. The number of fused-ring (bicyclic) bond motifs is 1. The molecule has 23 heavy (non-hydrogen) atoms. The van der Waals surface area contributed by atoms with Crippen LogP contribution in [0.15, 0.2) is 0 Å². The average Bonchev–Trinajstić information content (AvgIpc) is 2.83. The number of hydrogen-bond donors (Lipinski definition) is 6. The molecule has 3 rings (SSSR count). The summed E-state index contributed by atoms with van der Waals surface area (Å²) in [5, 5.41) is 58.8. The average molecular weight is 335 g/mol. The Morgan fingerprint density at radius 1 is 1.00 bits per heavy atom. The van der Waals surface area contributed by atoms with Crippen LogP contribution in [0, 0.1) is 0 Å². The molecule has 134 valence electrons. The lowest BCUT2D eigenvalue weighted by Gasteiger charge is -2.44. The van der Waals surface area contributed by atoms with E-state index in [1.54, 1.807) is 0 Å². The highest BCUT2D eigenvalue weighted by Crippen LogP contribution is 2.32. The van der Waals surface area contributed by atoms with Gasteiger partial charge in [0.25, 0.3) is 0 Å². The summed E-state index contributed by atoms with van der Waals surface area (Å²) in [4.78, 5) is 1.94. The zero-order valence-electron chi connectivity index (χ0n) is 12.7. The van der Waals surface area contributed by atoms with E-state index in [2.05, 4.69) is 0 Å². The summed E-state index contributed by atoms with van der Waals surface area (Å²) in [6, 6.07) is -0.411. The number of piperidine rings is 1. The van der Waals surface area contributed by atoms with Crippen molar-refractivity contribution in [2.75, 3.05) is 19.7 Å². The van der Waals surface area contributed by atoms with E-state index in [0.29, 0.717) is 13.0 Å². The molecule has 0 aliphatic carbocycles. The van der Waals surface area contributed by atoms with Crippen molar-refractivity contribution in [3.63, 3.8) is 0 Å². The standard InChI is InChI=1S/C14H25NO8/c16-5-8-11(19)12(20)13(21)14(23-8)22-7-2-1-3-15-4-6(17)10(18)9(7)15/h6-14,16-21H,1-5H2/t6?,7-,8?,9-,10?,11?,12?,13?,14+/m1/s1. The first-order valence-electron chi connectivity index (χ1n) is 8.00. The van der Waals surface area contributed by atoms with E-state index in [-0.39, 0.29) is 0 Å². The summed E-state index contributed by atoms with van der Waals surface area (Å²) in [7, 11) is 0. The van der Waals surface area contributed by atoms with Crippen LogP contribution in [-0.4, -0.2) is 110 Å². The third-order valence-electron chi connectivity index (χ3n) is 5.06. The minimum atomic E-state index is -1.50. The summed E-state index contributed by atoms with van der Waals surface area (Å²) >= 11 is 0. The second-order valence-corrected chi connectivity index (χ2v) is 6.56. The zero-order chi connectivity index (χ0) is 16.7. The summed E-state index contributed by atoms with van der Waals surface area (Å²) in [6.45, 7) is 0.583. The molecular weight excluding hydrogens is 310 g/mol. The Morgan fingerprint density at radius 3 is 2.43 bits per heavy atom. The highest BCUT2D eigenvalue weighted by molar-refractivity contribution is 5.01. The Bertz CT molecular complexity index is 410. The van der Waals surface area contributed by atoms with Gasteiger partial charge in [0, 0.05) is 6.54 Å². The molecule has 3 saturated heterocycles. The van der Waals surface area contributed by atoms with Crippen molar-refractivity contribution in [1.82, 2.24) is 4.90 Å². The summed E-state index contributed by atoms with van der Waals surface area (Å²) in [5.74, 6) is 0. The van der Waals surface area contributed by atoms with E-state index in [1.165, 1.54) is 0 Å². The predicted octanol–water partition coefficient (Wildman–Crippen LogP) is -3.63. The topological polar surface area (TPSA) is 143 Å². The fraction of sp³-hybridized carbons (Fsp3) is 1.00. The third kappa shape index (κ3) is 3.13. The number of rotatable bonds is 3. The van der Waals surface area contributed by atoms with Crippen molar-refractivity contribution in [3.05, 3.63) is 0 Å². The van der Waals surface area contributed by atoms with Gasteiger partial charge in [-0.15, -0.1) is 0 Å². The fourth-order valence-electron chi connectivity index (χ4n) is 3.78. The highest BCUT2D eigenvalue weighted by atomic mass is 16.7. The van der Waals surface area contributed by atoms with Gasteiger partial charge in [-0.1, -0.05) is 0 Å². The number of ether oxygens (including phenoxy) is 2. The van der Waals surface area contributed by atoms with Crippen LogP contribution in [0.1, 0.15) is 12.8 Å². The number of aliphatic hydroxyl groups is 6. The molecule has 0 amide bonds. The van der Waals surface area contributed by atoms with Crippen molar-refractivity contribution < 1.29 is 40.1 Å². The maximum Gasteiger partial charge on any atom is 0.187 e. The molecule has 3 aliphatic rings. The van der Waals surface area contributed by atoms with E-state index < -0.39 is 61.7 Å². The molecule has 9 atom stereocenters. The van der Waals surface area contributed by atoms with Crippen molar-refractivity contribution in [2.45, 2.75) is 67.9 Å². The van der Waals surface area contributed by atoms with E-state index in [0.717, 1.165) is 13.0 Å². The van der Waals surface area contributed by atoms with Crippen molar-refractivity contribution in [3.8, 4) is 0 Å². The van der Waals surface area contributed by atoms with Gasteiger partial charge in [-0.2, -0.15) is 0 Å². The minimum absolute atomic E-state index is 0.361. The van der Waals surface area contributed by atoms with E-state index in [9.17, 15) is 30.6 Å². The normalized spacial score (nSPS) is 51.7. The van der Waals surface area contributed by atoms with Gasteiger partial charge in [0.05, 0.1) is 31.0 Å². The van der Waals surface area contributed by atoms with Gasteiger partial charge in [0.2, 0.25) is 0 Å². The third-order valence-corrected chi connectivity index (χ3v) is 5.06. The fourth-order valence-corrected chi connectivity index (χ4v) is 3.78. The maximum atomic E-state index is 10.1. The van der Waals surface area contributed by atoms with Gasteiger partial charge >= 0.3 is 0 Å². The first kappa shape index (κ1) is 17.5. The Labute approximate surface area is 133 Å². The smallest absolute Gasteiger partial charge is 0.187 e. The van der Waals surface area contributed by atoms with Gasteiger partial charge < -0.3 is 40.1 Å². The number of hydrogen-bond acceptors (Lipinski definition) is 9. The SMILES string of the molecule is OCC1O[C@H](O[C@@H]2CCCN3CC(O)C(O)[C@@H]23)C(O)C(O)C1O. The quantitative estimate of drug-likeness (QED) is 0.308.